The summed E-state index contributed by atoms with van der Waals surface area (Å²) in [5.74, 6) is -0.495. The third-order valence-corrected chi connectivity index (χ3v) is 4.57. The maximum Gasteiger partial charge on any atom is 0.261 e. The van der Waals surface area contributed by atoms with E-state index in [0.29, 0.717) is 5.69 Å². The minimum atomic E-state index is -3.78. The molecule has 9 heteroatoms. The highest BCUT2D eigenvalue weighted by molar-refractivity contribution is 7.92. The lowest BCUT2D eigenvalue weighted by Crippen LogP contribution is -2.13. The van der Waals surface area contributed by atoms with E-state index >= 15 is 0 Å². The van der Waals surface area contributed by atoms with Gasteiger partial charge in [-0.15, -0.1) is 5.10 Å². The van der Waals surface area contributed by atoms with Gasteiger partial charge in [0, 0.05) is 5.69 Å². The summed E-state index contributed by atoms with van der Waals surface area (Å²) in [4.78, 5) is -0.0129. The molecule has 0 bridgehead atoms. The number of rotatable bonds is 4. The molecule has 0 aliphatic rings. The Balaban J connectivity index is 1.88. The van der Waals surface area contributed by atoms with Gasteiger partial charge in [0.05, 0.1) is 10.6 Å². The van der Waals surface area contributed by atoms with E-state index in [9.17, 15) is 12.8 Å². The second-order valence-corrected chi connectivity index (χ2v) is 6.50. The quantitative estimate of drug-likeness (QED) is 0.788. The Morgan fingerprint density at radius 1 is 1.13 bits per heavy atom. The highest BCUT2D eigenvalue weighted by Crippen LogP contribution is 2.21. The molecule has 0 atom stereocenters. The van der Waals surface area contributed by atoms with E-state index in [1.807, 2.05) is 6.92 Å². The first-order valence-electron chi connectivity index (χ1n) is 6.58. The van der Waals surface area contributed by atoms with Crippen molar-refractivity contribution in [1.82, 2.24) is 20.2 Å². The lowest BCUT2D eigenvalue weighted by molar-refractivity contribution is 0.599. The van der Waals surface area contributed by atoms with Crippen LogP contribution in [0.3, 0.4) is 0 Å². The molecule has 7 nitrogen and oxygen atoms in total. The fourth-order valence-corrected chi connectivity index (χ4v) is 3.13. The molecule has 1 heterocycles. The second-order valence-electron chi connectivity index (χ2n) is 4.82. The summed E-state index contributed by atoms with van der Waals surface area (Å²) in [5, 5.41) is 10.9. The van der Waals surface area contributed by atoms with Gasteiger partial charge in [-0.05, 0) is 65.4 Å². The fourth-order valence-electron chi connectivity index (χ4n) is 2.08. The van der Waals surface area contributed by atoms with Gasteiger partial charge in [0.1, 0.15) is 12.1 Å². The first-order valence-corrected chi connectivity index (χ1v) is 8.06. The maximum absolute atomic E-state index is 12.9. The number of hydrogen-bond donors (Lipinski definition) is 1. The van der Waals surface area contributed by atoms with Crippen molar-refractivity contribution in [3.63, 3.8) is 0 Å². The summed E-state index contributed by atoms with van der Waals surface area (Å²) in [6, 6.07) is 9.58. The highest BCUT2D eigenvalue weighted by atomic mass is 32.2. The van der Waals surface area contributed by atoms with Crippen molar-refractivity contribution < 1.29 is 12.8 Å². The Kier molecular flexibility index (Phi) is 3.78. The van der Waals surface area contributed by atoms with Gasteiger partial charge in [0.2, 0.25) is 0 Å². The lowest BCUT2D eigenvalue weighted by atomic mass is 10.2. The van der Waals surface area contributed by atoms with Crippen LogP contribution in [-0.4, -0.2) is 28.6 Å². The molecule has 0 spiro atoms. The van der Waals surface area contributed by atoms with Crippen molar-refractivity contribution in [3.05, 3.63) is 60.2 Å². The zero-order valence-electron chi connectivity index (χ0n) is 12.0. The number of nitrogens with zero attached hydrogens (tertiary/aromatic N) is 4. The summed E-state index contributed by atoms with van der Waals surface area (Å²) in [5.41, 5.74) is 1.92. The van der Waals surface area contributed by atoms with Crippen LogP contribution < -0.4 is 4.72 Å². The van der Waals surface area contributed by atoms with Crippen LogP contribution in [0.4, 0.5) is 10.1 Å². The molecule has 0 saturated heterocycles. The summed E-state index contributed by atoms with van der Waals surface area (Å²) in [6.45, 7) is 1.81. The number of anilines is 1. The van der Waals surface area contributed by atoms with Crippen LogP contribution in [-0.2, 0) is 10.0 Å². The Labute approximate surface area is 131 Å². The molecule has 3 rings (SSSR count). The molecule has 2 aromatic carbocycles. The molecule has 0 saturated carbocycles. The van der Waals surface area contributed by atoms with Gasteiger partial charge in [-0.3, -0.25) is 4.72 Å². The average molecular weight is 333 g/mol. The zero-order valence-corrected chi connectivity index (χ0v) is 12.8. The lowest BCUT2D eigenvalue weighted by Gasteiger charge is -2.11. The number of aryl methyl sites for hydroxylation is 1. The zero-order chi connectivity index (χ0) is 16.4. The minimum Gasteiger partial charge on any atom is -0.280 e. The number of sulfonamides is 1. The topological polar surface area (TPSA) is 89.8 Å². The van der Waals surface area contributed by atoms with Crippen molar-refractivity contribution >= 4 is 15.7 Å². The summed E-state index contributed by atoms with van der Waals surface area (Å²) in [7, 11) is -3.78. The molecule has 0 radical (unpaired) electrons. The van der Waals surface area contributed by atoms with Gasteiger partial charge >= 0.3 is 0 Å². The van der Waals surface area contributed by atoms with Crippen molar-refractivity contribution in [2.45, 2.75) is 11.8 Å². The minimum absolute atomic E-state index is 0.0129. The molecule has 23 heavy (non-hydrogen) atoms. The second kappa shape index (κ2) is 5.76. The van der Waals surface area contributed by atoms with Crippen LogP contribution in [0.1, 0.15) is 5.56 Å². The Bertz CT molecular complexity index is 924. The van der Waals surface area contributed by atoms with Crippen molar-refractivity contribution in [3.8, 4) is 5.69 Å². The third-order valence-electron chi connectivity index (χ3n) is 3.17. The first-order chi connectivity index (χ1) is 11.0. The van der Waals surface area contributed by atoms with Crippen LogP contribution in [0.5, 0.6) is 0 Å². The van der Waals surface area contributed by atoms with Gasteiger partial charge in [0.25, 0.3) is 10.0 Å². The summed E-state index contributed by atoms with van der Waals surface area (Å²) >= 11 is 0. The van der Waals surface area contributed by atoms with Gasteiger partial charge < -0.3 is 0 Å². The van der Waals surface area contributed by atoms with E-state index in [1.54, 1.807) is 18.2 Å². The van der Waals surface area contributed by atoms with E-state index in [0.717, 1.165) is 23.4 Å². The van der Waals surface area contributed by atoms with Crippen molar-refractivity contribution in [2.75, 3.05) is 4.72 Å². The standard InChI is InChI=1S/C14H12FN5O2S/c1-10-8-12(4-7-14(10)20-9-16-18-19-20)17-23(21,22)13-5-2-11(15)3-6-13/h2-9,17H,1H3. The van der Waals surface area contributed by atoms with E-state index in [2.05, 4.69) is 20.2 Å². The Morgan fingerprint density at radius 2 is 1.87 bits per heavy atom. The molecule has 118 valence electrons. The highest BCUT2D eigenvalue weighted by Gasteiger charge is 2.15. The molecule has 3 aromatic rings. The SMILES string of the molecule is Cc1cc(NS(=O)(=O)c2ccc(F)cc2)ccc1-n1cnnn1. The number of nitrogens with one attached hydrogen (secondary N) is 1. The number of aromatic nitrogens is 4. The number of benzene rings is 2. The van der Waals surface area contributed by atoms with E-state index < -0.39 is 15.8 Å². The molecular formula is C14H12FN5O2S. The number of hydrogen-bond acceptors (Lipinski definition) is 5. The average Bonchev–Trinajstić information content (AvgIpc) is 3.01. The predicted octanol–water partition coefficient (Wildman–Crippen LogP) is 1.91. The van der Waals surface area contributed by atoms with Crippen LogP contribution in [0.25, 0.3) is 5.69 Å². The van der Waals surface area contributed by atoms with Crippen LogP contribution in [0.2, 0.25) is 0 Å². The third kappa shape index (κ3) is 3.19. The molecule has 1 N–H and O–H groups in total. The predicted molar refractivity (Wildman–Crippen MR) is 81.1 cm³/mol. The molecule has 0 fully saturated rings. The summed E-state index contributed by atoms with van der Waals surface area (Å²) in [6.07, 6.45) is 1.45. The van der Waals surface area contributed by atoms with Crippen LogP contribution in [0.15, 0.2) is 53.7 Å². The van der Waals surface area contributed by atoms with Gasteiger partial charge in [-0.25, -0.2) is 17.5 Å². The monoisotopic (exact) mass is 333 g/mol. The first kappa shape index (κ1) is 15.1. The van der Waals surface area contributed by atoms with Gasteiger partial charge in [-0.2, -0.15) is 0 Å². The number of tetrazole rings is 1. The molecule has 0 unspecified atom stereocenters. The molecule has 0 amide bonds. The summed E-state index contributed by atoms with van der Waals surface area (Å²) < 4.78 is 41.4. The maximum atomic E-state index is 12.9. The van der Waals surface area contributed by atoms with E-state index in [-0.39, 0.29) is 4.90 Å². The smallest absolute Gasteiger partial charge is 0.261 e. The van der Waals surface area contributed by atoms with Crippen molar-refractivity contribution in [2.24, 2.45) is 0 Å². The van der Waals surface area contributed by atoms with E-state index in [4.69, 9.17) is 0 Å². The number of halogens is 1. The van der Waals surface area contributed by atoms with Gasteiger partial charge in [0.15, 0.2) is 0 Å². The van der Waals surface area contributed by atoms with Crippen LogP contribution in [0, 0.1) is 12.7 Å². The fraction of sp³-hybridized carbons (Fsp3) is 0.0714. The van der Waals surface area contributed by atoms with Gasteiger partial charge in [-0.1, -0.05) is 0 Å². The normalized spacial score (nSPS) is 11.4. The molecule has 0 aliphatic carbocycles. The molecule has 0 aliphatic heterocycles. The van der Waals surface area contributed by atoms with E-state index in [1.165, 1.54) is 23.1 Å². The van der Waals surface area contributed by atoms with Crippen molar-refractivity contribution in [1.29, 1.82) is 0 Å². The molecular weight excluding hydrogens is 321 g/mol. The largest absolute Gasteiger partial charge is 0.280 e. The Hall–Kier alpha value is -2.81. The van der Waals surface area contributed by atoms with Crippen LogP contribution >= 0.6 is 0 Å². The Morgan fingerprint density at radius 3 is 2.48 bits per heavy atom. The molecule has 1 aromatic heterocycles.